The molecule has 0 fully saturated rings. The van der Waals surface area contributed by atoms with Gasteiger partial charge in [-0.2, -0.15) is 0 Å². The van der Waals surface area contributed by atoms with E-state index in [1.54, 1.807) is 18.2 Å². The minimum Gasteiger partial charge on any atom is -0.491 e. The molecule has 4 nitrogen and oxygen atoms in total. The molecule has 6 heteroatoms. The van der Waals surface area contributed by atoms with Crippen molar-refractivity contribution in [2.45, 2.75) is 26.4 Å². The van der Waals surface area contributed by atoms with Gasteiger partial charge in [0, 0.05) is 22.9 Å². The molecule has 2 rings (SSSR count). The Morgan fingerprint density at radius 2 is 2.00 bits per heavy atom. The summed E-state index contributed by atoms with van der Waals surface area (Å²) in [5.41, 5.74) is 1.62. The number of amides is 1. The van der Waals surface area contributed by atoms with Crippen LogP contribution in [0.2, 0.25) is 5.02 Å². The fourth-order valence-corrected chi connectivity index (χ4v) is 2.37. The first-order chi connectivity index (χ1) is 12.5. The number of hydrogen-bond donors (Lipinski definition) is 2. The normalized spacial score (nSPS) is 11.8. The highest BCUT2D eigenvalue weighted by Gasteiger charge is 2.05. The molecule has 26 heavy (non-hydrogen) atoms. The van der Waals surface area contributed by atoms with Gasteiger partial charge in [0.2, 0.25) is 5.91 Å². The number of benzene rings is 2. The highest BCUT2D eigenvalue weighted by molar-refractivity contribution is 7.80. The van der Waals surface area contributed by atoms with Crippen LogP contribution in [0.3, 0.4) is 0 Å². The molecule has 2 N–H and O–H groups in total. The number of carbonyl (C=O) groups is 1. The van der Waals surface area contributed by atoms with E-state index in [9.17, 15) is 4.79 Å². The lowest BCUT2D eigenvalue weighted by atomic mass is 10.2. The molecule has 1 unspecified atom stereocenters. The van der Waals surface area contributed by atoms with Crippen molar-refractivity contribution >= 4 is 46.6 Å². The summed E-state index contributed by atoms with van der Waals surface area (Å²) in [6.45, 7) is 4.08. The number of carbonyl (C=O) groups excluding carboxylic acids is 1. The molecule has 0 aliphatic carbocycles. The highest BCUT2D eigenvalue weighted by atomic mass is 35.5. The van der Waals surface area contributed by atoms with Crippen molar-refractivity contribution < 1.29 is 9.53 Å². The van der Waals surface area contributed by atoms with Gasteiger partial charge >= 0.3 is 0 Å². The summed E-state index contributed by atoms with van der Waals surface area (Å²) in [6, 6.07) is 14.6. The summed E-state index contributed by atoms with van der Waals surface area (Å²) in [5, 5.41) is 6.46. The maximum absolute atomic E-state index is 12.0. The van der Waals surface area contributed by atoms with Crippen LogP contribution in [-0.4, -0.2) is 17.1 Å². The van der Waals surface area contributed by atoms with E-state index in [4.69, 9.17) is 28.6 Å². The number of anilines is 1. The lowest BCUT2D eigenvalue weighted by molar-refractivity contribution is -0.115. The third-order valence-electron chi connectivity index (χ3n) is 3.54. The second kappa shape index (κ2) is 9.94. The molecule has 1 amide bonds. The lowest BCUT2D eigenvalue weighted by Crippen LogP contribution is -2.32. The van der Waals surface area contributed by atoms with Crippen molar-refractivity contribution in [3.8, 4) is 5.75 Å². The van der Waals surface area contributed by atoms with Crippen LogP contribution in [0.15, 0.2) is 54.6 Å². The summed E-state index contributed by atoms with van der Waals surface area (Å²) in [6.07, 6.45) is 4.16. The van der Waals surface area contributed by atoms with Crippen molar-refractivity contribution in [1.29, 1.82) is 0 Å². The van der Waals surface area contributed by atoms with Crippen LogP contribution >= 0.6 is 23.8 Å². The number of ether oxygens (including phenoxy) is 1. The number of nitrogens with one attached hydrogen (secondary N) is 2. The highest BCUT2D eigenvalue weighted by Crippen LogP contribution is 2.19. The van der Waals surface area contributed by atoms with Crippen molar-refractivity contribution in [3.05, 3.63) is 65.2 Å². The van der Waals surface area contributed by atoms with E-state index < -0.39 is 0 Å². The topological polar surface area (TPSA) is 50.4 Å². The van der Waals surface area contributed by atoms with Gasteiger partial charge in [-0.15, -0.1) is 0 Å². The van der Waals surface area contributed by atoms with E-state index in [1.807, 2.05) is 43.3 Å². The SMILES string of the molecule is CCC(C)Oc1cccc(NC(=S)NC(=O)/C=C/c2ccc(Cl)cc2)c1. The van der Waals surface area contributed by atoms with Gasteiger partial charge in [0.05, 0.1) is 6.10 Å². The predicted octanol–water partition coefficient (Wildman–Crippen LogP) is 5.04. The molecular weight excluding hydrogens is 368 g/mol. The first-order valence-corrected chi connectivity index (χ1v) is 9.07. The molecule has 0 bridgehead atoms. The average Bonchev–Trinajstić information content (AvgIpc) is 2.61. The molecule has 136 valence electrons. The second-order valence-corrected chi connectivity index (χ2v) is 6.54. The van der Waals surface area contributed by atoms with Crippen LogP contribution in [0, 0.1) is 0 Å². The predicted molar refractivity (Wildman–Crippen MR) is 112 cm³/mol. The lowest BCUT2D eigenvalue weighted by Gasteiger charge is -2.14. The molecule has 0 aliphatic heterocycles. The molecule has 0 aromatic heterocycles. The van der Waals surface area contributed by atoms with Crippen LogP contribution in [0.1, 0.15) is 25.8 Å². The van der Waals surface area contributed by atoms with E-state index in [0.29, 0.717) is 5.02 Å². The Hall–Kier alpha value is -2.37. The first-order valence-electron chi connectivity index (χ1n) is 8.28. The third kappa shape index (κ3) is 6.86. The van der Waals surface area contributed by atoms with Gasteiger partial charge in [-0.05, 0) is 61.5 Å². The monoisotopic (exact) mass is 388 g/mol. The quantitative estimate of drug-likeness (QED) is 0.537. The minimum absolute atomic E-state index is 0.134. The molecule has 2 aromatic carbocycles. The zero-order valence-electron chi connectivity index (χ0n) is 14.7. The molecule has 0 heterocycles. The number of thiocarbonyl (C=S) groups is 1. The molecular formula is C20H21ClN2O2S. The minimum atomic E-state index is -0.315. The Morgan fingerprint density at radius 1 is 1.27 bits per heavy atom. The number of hydrogen-bond acceptors (Lipinski definition) is 3. The second-order valence-electron chi connectivity index (χ2n) is 5.69. The molecule has 0 aliphatic rings. The summed E-state index contributed by atoms with van der Waals surface area (Å²) in [7, 11) is 0. The zero-order chi connectivity index (χ0) is 18.9. The van der Waals surface area contributed by atoms with Gasteiger partial charge < -0.3 is 10.1 Å². The van der Waals surface area contributed by atoms with E-state index in [0.717, 1.165) is 23.4 Å². The van der Waals surface area contributed by atoms with Crippen LogP contribution in [-0.2, 0) is 4.79 Å². The van der Waals surface area contributed by atoms with Gasteiger partial charge in [0.25, 0.3) is 0 Å². The Bertz CT molecular complexity index is 791. The summed E-state index contributed by atoms with van der Waals surface area (Å²) in [5.74, 6) is 0.436. The standard InChI is InChI=1S/C20H21ClN2O2S/c1-3-14(2)25-18-6-4-5-17(13-18)22-20(26)23-19(24)12-9-15-7-10-16(21)11-8-15/h4-14H,3H2,1-2H3,(H2,22,23,24,26)/b12-9+. The summed E-state index contributed by atoms with van der Waals surface area (Å²) >= 11 is 11.0. The average molecular weight is 389 g/mol. The zero-order valence-corrected chi connectivity index (χ0v) is 16.2. The number of halogens is 1. The summed E-state index contributed by atoms with van der Waals surface area (Å²) in [4.78, 5) is 12.0. The molecule has 0 saturated heterocycles. The largest absolute Gasteiger partial charge is 0.491 e. The number of rotatable bonds is 6. The smallest absolute Gasteiger partial charge is 0.250 e. The molecule has 1 atom stereocenters. The fraction of sp³-hybridized carbons (Fsp3) is 0.200. The van der Waals surface area contributed by atoms with Crippen LogP contribution in [0.4, 0.5) is 5.69 Å². The maximum atomic E-state index is 12.0. The molecule has 0 saturated carbocycles. The van der Waals surface area contributed by atoms with Crippen molar-refractivity contribution in [2.24, 2.45) is 0 Å². The summed E-state index contributed by atoms with van der Waals surface area (Å²) < 4.78 is 5.77. The van der Waals surface area contributed by atoms with Gasteiger partial charge in [-0.3, -0.25) is 10.1 Å². The molecule has 0 radical (unpaired) electrons. The Kier molecular flexibility index (Phi) is 7.63. The van der Waals surface area contributed by atoms with Gasteiger partial charge in [0.1, 0.15) is 5.75 Å². The van der Waals surface area contributed by atoms with Crippen molar-refractivity contribution in [1.82, 2.24) is 5.32 Å². The van der Waals surface area contributed by atoms with Crippen LogP contribution in [0.5, 0.6) is 5.75 Å². The van der Waals surface area contributed by atoms with Crippen molar-refractivity contribution in [3.63, 3.8) is 0 Å². The van der Waals surface area contributed by atoms with E-state index in [1.165, 1.54) is 6.08 Å². The molecule has 2 aromatic rings. The Balaban J connectivity index is 1.88. The molecule has 0 spiro atoms. The van der Waals surface area contributed by atoms with Crippen LogP contribution in [0.25, 0.3) is 6.08 Å². The Morgan fingerprint density at radius 3 is 2.69 bits per heavy atom. The van der Waals surface area contributed by atoms with E-state index in [-0.39, 0.29) is 17.1 Å². The third-order valence-corrected chi connectivity index (χ3v) is 3.99. The van der Waals surface area contributed by atoms with Crippen LogP contribution < -0.4 is 15.4 Å². The fourth-order valence-electron chi connectivity index (χ4n) is 2.02. The van der Waals surface area contributed by atoms with E-state index in [2.05, 4.69) is 17.6 Å². The Labute approximate surface area is 164 Å². The van der Waals surface area contributed by atoms with Gasteiger partial charge in [-0.25, -0.2) is 0 Å². The van der Waals surface area contributed by atoms with Gasteiger partial charge in [0.15, 0.2) is 5.11 Å². The maximum Gasteiger partial charge on any atom is 0.250 e. The van der Waals surface area contributed by atoms with E-state index >= 15 is 0 Å². The van der Waals surface area contributed by atoms with Crippen molar-refractivity contribution in [2.75, 3.05) is 5.32 Å². The first kappa shape index (κ1) is 19.9. The van der Waals surface area contributed by atoms with Gasteiger partial charge in [-0.1, -0.05) is 36.7 Å².